The molecule has 0 aromatic heterocycles. The number of fused-ring (bicyclic) bond motifs is 1. The van der Waals surface area contributed by atoms with Crippen LogP contribution in [0.15, 0.2) is 42.5 Å². The largest absolute Gasteiger partial charge is 0.486 e. The van der Waals surface area contributed by atoms with E-state index in [0.29, 0.717) is 42.7 Å². The molecule has 0 saturated heterocycles. The zero-order valence-corrected chi connectivity index (χ0v) is 16.0. The van der Waals surface area contributed by atoms with E-state index in [2.05, 4.69) is 5.32 Å². The minimum absolute atomic E-state index is 0. The van der Waals surface area contributed by atoms with Gasteiger partial charge in [-0.2, -0.15) is 0 Å². The van der Waals surface area contributed by atoms with Crippen molar-refractivity contribution in [3.8, 4) is 11.5 Å². The number of halogens is 2. The third-order valence-corrected chi connectivity index (χ3v) is 4.48. The van der Waals surface area contributed by atoms with Crippen LogP contribution >= 0.6 is 24.0 Å². The van der Waals surface area contributed by atoms with Crippen LogP contribution in [0.1, 0.15) is 18.1 Å². The fraction of sp³-hybridized carbons (Fsp3) is 0.316. The van der Waals surface area contributed by atoms with Gasteiger partial charge in [-0.15, -0.1) is 12.4 Å². The Balaban J connectivity index is 0.00000243. The molecule has 0 bridgehead atoms. The Labute approximate surface area is 164 Å². The van der Waals surface area contributed by atoms with Crippen molar-refractivity contribution in [3.63, 3.8) is 0 Å². The number of nitrogens with two attached hydrogens (primary N) is 1. The van der Waals surface area contributed by atoms with Crippen molar-refractivity contribution in [3.05, 3.63) is 58.6 Å². The first-order valence-corrected chi connectivity index (χ1v) is 8.57. The van der Waals surface area contributed by atoms with Gasteiger partial charge in [0.05, 0.1) is 5.02 Å². The normalized spacial score (nSPS) is 14.7. The van der Waals surface area contributed by atoms with Crippen LogP contribution in [0.5, 0.6) is 11.5 Å². The van der Waals surface area contributed by atoms with E-state index in [0.717, 1.165) is 11.1 Å². The van der Waals surface area contributed by atoms with Gasteiger partial charge in [0.15, 0.2) is 11.5 Å². The molecule has 7 heteroatoms. The van der Waals surface area contributed by atoms with Crippen molar-refractivity contribution >= 4 is 29.9 Å². The quantitative estimate of drug-likeness (QED) is 0.814. The monoisotopic (exact) mass is 396 g/mol. The number of carbonyl (C=O) groups excluding carboxylic acids is 1. The van der Waals surface area contributed by atoms with E-state index in [9.17, 15) is 4.79 Å². The van der Waals surface area contributed by atoms with Crippen molar-refractivity contribution in [1.82, 2.24) is 5.32 Å². The highest BCUT2D eigenvalue weighted by molar-refractivity contribution is 6.32. The van der Waals surface area contributed by atoms with E-state index < -0.39 is 5.54 Å². The number of carbonyl (C=O) groups is 1. The molecule has 1 atom stereocenters. The number of rotatable bonds is 5. The number of ether oxygens (including phenoxy) is 2. The molecule has 140 valence electrons. The summed E-state index contributed by atoms with van der Waals surface area (Å²) in [6, 6.07) is 13.0. The maximum Gasteiger partial charge on any atom is 0.244 e. The van der Waals surface area contributed by atoms with Crippen molar-refractivity contribution in [2.24, 2.45) is 5.73 Å². The van der Waals surface area contributed by atoms with Crippen molar-refractivity contribution in [1.29, 1.82) is 0 Å². The maximum atomic E-state index is 12.4. The number of amides is 1. The third kappa shape index (κ3) is 4.41. The van der Waals surface area contributed by atoms with Crippen LogP contribution in [0.3, 0.4) is 0 Å². The molecule has 0 fully saturated rings. The molecule has 1 amide bonds. The summed E-state index contributed by atoms with van der Waals surface area (Å²) < 4.78 is 11.1. The molecule has 3 N–H and O–H groups in total. The first-order chi connectivity index (χ1) is 12.0. The predicted octanol–water partition coefficient (Wildman–Crippen LogP) is 3.07. The van der Waals surface area contributed by atoms with Crippen LogP contribution in [-0.4, -0.2) is 25.7 Å². The van der Waals surface area contributed by atoms with Gasteiger partial charge in [0, 0.05) is 6.54 Å². The van der Waals surface area contributed by atoms with Crippen LogP contribution < -0.4 is 20.5 Å². The fourth-order valence-electron chi connectivity index (χ4n) is 2.73. The molecule has 2 aromatic rings. The van der Waals surface area contributed by atoms with Gasteiger partial charge in [-0.1, -0.05) is 41.9 Å². The van der Waals surface area contributed by atoms with Gasteiger partial charge in [0.2, 0.25) is 5.91 Å². The zero-order valence-electron chi connectivity index (χ0n) is 14.5. The molecule has 0 spiro atoms. The highest BCUT2D eigenvalue weighted by Crippen LogP contribution is 2.38. The molecule has 2 aromatic carbocycles. The van der Waals surface area contributed by atoms with E-state index in [1.54, 1.807) is 6.92 Å². The van der Waals surface area contributed by atoms with Crippen LogP contribution in [0, 0.1) is 0 Å². The Kier molecular flexibility index (Phi) is 6.75. The minimum Gasteiger partial charge on any atom is -0.486 e. The van der Waals surface area contributed by atoms with E-state index in [4.69, 9.17) is 26.8 Å². The average molecular weight is 397 g/mol. The van der Waals surface area contributed by atoms with E-state index in [1.165, 1.54) is 0 Å². The molecule has 0 aliphatic carbocycles. The molecular weight excluding hydrogens is 375 g/mol. The summed E-state index contributed by atoms with van der Waals surface area (Å²) in [6.07, 6.45) is 0.618. The molecule has 1 unspecified atom stereocenters. The van der Waals surface area contributed by atoms with Crippen molar-refractivity contribution in [2.45, 2.75) is 18.9 Å². The number of hydrogen-bond donors (Lipinski definition) is 2. The highest BCUT2D eigenvalue weighted by Gasteiger charge is 2.29. The van der Waals surface area contributed by atoms with Gasteiger partial charge < -0.3 is 20.5 Å². The van der Waals surface area contributed by atoms with Gasteiger partial charge in [-0.3, -0.25) is 4.79 Å². The van der Waals surface area contributed by atoms with Crippen LogP contribution in [0.4, 0.5) is 0 Å². The molecule has 0 saturated carbocycles. The second-order valence-corrected chi connectivity index (χ2v) is 6.58. The Hall–Kier alpha value is -1.95. The summed E-state index contributed by atoms with van der Waals surface area (Å²) in [5.74, 6) is 1.01. The number of hydrogen-bond acceptors (Lipinski definition) is 4. The summed E-state index contributed by atoms with van der Waals surface area (Å²) in [7, 11) is 0. The molecule has 3 rings (SSSR count). The Bertz CT molecular complexity index is 767. The first kappa shape index (κ1) is 20.4. The van der Waals surface area contributed by atoms with Crippen LogP contribution in [0.25, 0.3) is 0 Å². The smallest absolute Gasteiger partial charge is 0.244 e. The van der Waals surface area contributed by atoms with Crippen LogP contribution in [-0.2, 0) is 16.8 Å². The second-order valence-electron chi connectivity index (χ2n) is 6.18. The minimum atomic E-state index is -1.08. The number of nitrogens with one attached hydrogen (secondary N) is 1. The summed E-state index contributed by atoms with van der Waals surface area (Å²) in [5.41, 5.74) is 6.87. The van der Waals surface area contributed by atoms with Crippen molar-refractivity contribution in [2.75, 3.05) is 19.8 Å². The third-order valence-electron chi connectivity index (χ3n) is 4.20. The molecule has 0 radical (unpaired) electrons. The predicted molar refractivity (Wildman–Crippen MR) is 104 cm³/mol. The molecule has 5 nitrogen and oxygen atoms in total. The fourth-order valence-corrected chi connectivity index (χ4v) is 3.02. The summed E-state index contributed by atoms with van der Waals surface area (Å²) in [6.45, 7) is 3.16. The summed E-state index contributed by atoms with van der Waals surface area (Å²) in [5, 5.41) is 3.41. The lowest BCUT2D eigenvalue weighted by Gasteiger charge is -2.24. The van der Waals surface area contributed by atoms with Gasteiger partial charge >= 0.3 is 0 Å². The Morgan fingerprint density at radius 3 is 2.65 bits per heavy atom. The lowest BCUT2D eigenvalue weighted by molar-refractivity contribution is -0.126. The van der Waals surface area contributed by atoms with E-state index in [1.807, 2.05) is 42.5 Å². The summed E-state index contributed by atoms with van der Waals surface area (Å²) >= 11 is 6.23. The van der Waals surface area contributed by atoms with Crippen molar-refractivity contribution < 1.29 is 14.3 Å². The number of benzene rings is 2. The molecule has 1 heterocycles. The Morgan fingerprint density at radius 2 is 1.92 bits per heavy atom. The molecular formula is C19H22Cl2N2O3. The molecule has 1 aliphatic rings. The molecule has 26 heavy (non-hydrogen) atoms. The lowest BCUT2D eigenvalue weighted by atomic mass is 9.92. The van der Waals surface area contributed by atoms with Gasteiger partial charge in [0.25, 0.3) is 0 Å². The lowest BCUT2D eigenvalue weighted by Crippen LogP contribution is -2.49. The maximum absolute atomic E-state index is 12.4. The van der Waals surface area contributed by atoms with E-state index in [-0.39, 0.29) is 18.3 Å². The second kappa shape index (κ2) is 8.62. The molecule has 1 aliphatic heterocycles. The average Bonchev–Trinajstić information content (AvgIpc) is 2.62. The standard InChI is InChI=1S/C19H21ClN2O3.ClH/c1-19(21,14-5-3-2-4-6-14)18(23)22-8-7-13-11-15(20)17-16(12-13)24-9-10-25-17;/h2-6,11-12H,7-10,21H2,1H3,(H,22,23);1H. The first-order valence-electron chi connectivity index (χ1n) is 8.19. The van der Waals surface area contributed by atoms with Crippen LogP contribution in [0.2, 0.25) is 5.02 Å². The van der Waals surface area contributed by atoms with E-state index >= 15 is 0 Å². The highest BCUT2D eigenvalue weighted by atomic mass is 35.5. The van der Waals surface area contributed by atoms with Gasteiger partial charge in [0.1, 0.15) is 18.8 Å². The topological polar surface area (TPSA) is 73.6 Å². The summed E-state index contributed by atoms with van der Waals surface area (Å²) in [4.78, 5) is 12.4. The van der Waals surface area contributed by atoms with Gasteiger partial charge in [-0.25, -0.2) is 0 Å². The van der Waals surface area contributed by atoms with Gasteiger partial charge in [-0.05, 0) is 36.6 Å². The Morgan fingerprint density at radius 1 is 1.23 bits per heavy atom. The zero-order chi connectivity index (χ0) is 17.9. The SMILES string of the molecule is CC(N)(C(=O)NCCc1cc(Cl)c2c(c1)OCCO2)c1ccccc1.Cl.